The van der Waals surface area contributed by atoms with Crippen LogP contribution in [0.2, 0.25) is 0 Å². The number of amides is 1. The predicted molar refractivity (Wildman–Crippen MR) is 121 cm³/mol. The van der Waals surface area contributed by atoms with Crippen LogP contribution in [0.1, 0.15) is 64.4 Å². The number of aromatic nitrogens is 1. The van der Waals surface area contributed by atoms with E-state index in [9.17, 15) is 4.79 Å². The Labute approximate surface area is 182 Å². The number of likely N-dealkylation sites (tertiary alicyclic amines) is 3. The second-order valence-corrected chi connectivity index (χ2v) is 10.2. The summed E-state index contributed by atoms with van der Waals surface area (Å²) in [5.74, 6) is 0.657. The quantitative estimate of drug-likeness (QED) is 0.738. The van der Waals surface area contributed by atoms with Gasteiger partial charge in [-0.1, -0.05) is 26.3 Å². The molecule has 0 aliphatic carbocycles. The van der Waals surface area contributed by atoms with Crippen molar-refractivity contribution < 1.29 is 4.79 Å². The standard InChI is InChI=1S/C25H40N4O/c1-3-25(2)10-16-28(17-11-25)24(30)22-7-5-13-29(20-22)23-8-14-27(15-9-23)19-21-6-4-12-26-18-21/h4,6,12,18,22-23H,3,5,7-11,13-17,19-20H2,1-2H3/t22-/m0/s1. The summed E-state index contributed by atoms with van der Waals surface area (Å²) in [7, 11) is 0. The molecule has 0 N–H and O–H groups in total. The first-order valence-electron chi connectivity index (χ1n) is 12.2. The van der Waals surface area contributed by atoms with Crippen LogP contribution < -0.4 is 0 Å². The van der Waals surface area contributed by atoms with Gasteiger partial charge in [-0.15, -0.1) is 0 Å². The van der Waals surface area contributed by atoms with E-state index in [1.54, 1.807) is 0 Å². The number of nitrogens with zero attached hydrogens (tertiary/aromatic N) is 4. The van der Waals surface area contributed by atoms with Gasteiger partial charge in [0.15, 0.2) is 0 Å². The number of piperidine rings is 3. The van der Waals surface area contributed by atoms with Gasteiger partial charge in [-0.2, -0.15) is 0 Å². The largest absolute Gasteiger partial charge is 0.342 e. The number of carbonyl (C=O) groups is 1. The molecule has 0 unspecified atom stereocenters. The van der Waals surface area contributed by atoms with Gasteiger partial charge in [0.2, 0.25) is 5.91 Å². The molecular weight excluding hydrogens is 372 g/mol. The Balaban J connectivity index is 1.25. The molecule has 1 aromatic heterocycles. The van der Waals surface area contributed by atoms with E-state index in [-0.39, 0.29) is 5.92 Å². The zero-order chi connectivity index (χ0) is 21.0. The summed E-state index contributed by atoms with van der Waals surface area (Å²) >= 11 is 0. The van der Waals surface area contributed by atoms with Crippen LogP contribution in [-0.2, 0) is 11.3 Å². The summed E-state index contributed by atoms with van der Waals surface area (Å²) in [6.07, 6.45) is 12.1. The van der Waals surface area contributed by atoms with Crippen LogP contribution in [0.4, 0.5) is 0 Å². The second kappa shape index (κ2) is 9.78. The topological polar surface area (TPSA) is 39.7 Å². The zero-order valence-corrected chi connectivity index (χ0v) is 19.1. The van der Waals surface area contributed by atoms with Crippen LogP contribution >= 0.6 is 0 Å². The van der Waals surface area contributed by atoms with Crippen LogP contribution in [0, 0.1) is 11.3 Å². The number of pyridine rings is 1. The van der Waals surface area contributed by atoms with Crippen LogP contribution in [-0.4, -0.2) is 70.9 Å². The second-order valence-electron chi connectivity index (χ2n) is 10.2. The van der Waals surface area contributed by atoms with Gasteiger partial charge >= 0.3 is 0 Å². The highest BCUT2D eigenvalue weighted by atomic mass is 16.2. The van der Waals surface area contributed by atoms with Crippen molar-refractivity contribution in [2.24, 2.45) is 11.3 Å². The molecule has 1 aromatic rings. The molecule has 0 saturated carbocycles. The highest BCUT2D eigenvalue weighted by Crippen LogP contribution is 2.35. The molecule has 3 aliphatic heterocycles. The Morgan fingerprint density at radius 2 is 1.90 bits per heavy atom. The molecule has 0 spiro atoms. The first-order chi connectivity index (χ1) is 14.6. The number of hydrogen-bond donors (Lipinski definition) is 0. The fraction of sp³-hybridized carbons (Fsp3) is 0.760. The molecule has 166 valence electrons. The van der Waals surface area contributed by atoms with Crippen LogP contribution in [0.15, 0.2) is 24.5 Å². The van der Waals surface area contributed by atoms with E-state index >= 15 is 0 Å². The molecule has 1 amide bonds. The van der Waals surface area contributed by atoms with E-state index in [0.29, 0.717) is 17.4 Å². The van der Waals surface area contributed by atoms with Crippen molar-refractivity contribution in [1.82, 2.24) is 19.7 Å². The maximum atomic E-state index is 13.2. The molecule has 4 heterocycles. The monoisotopic (exact) mass is 412 g/mol. The Bertz CT molecular complexity index is 678. The fourth-order valence-electron chi connectivity index (χ4n) is 5.61. The average Bonchev–Trinajstić information content (AvgIpc) is 2.80. The van der Waals surface area contributed by atoms with E-state index in [4.69, 9.17) is 0 Å². The Kier molecular flexibility index (Phi) is 7.09. The van der Waals surface area contributed by atoms with Crippen molar-refractivity contribution in [3.05, 3.63) is 30.1 Å². The Morgan fingerprint density at radius 1 is 1.13 bits per heavy atom. The van der Waals surface area contributed by atoms with Crippen LogP contribution in [0.3, 0.4) is 0 Å². The molecule has 3 aliphatic rings. The third kappa shape index (κ3) is 5.23. The van der Waals surface area contributed by atoms with Crippen molar-refractivity contribution >= 4 is 5.91 Å². The lowest BCUT2D eigenvalue weighted by Gasteiger charge is -2.44. The predicted octanol–water partition coefficient (Wildman–Crippen LogP) is 3.80. The van der Waals surface area contributed by atoms with Crippen molar-refractivity contribution in [1.29, 1.82) is 0 Å². The SMILES string of the molecule is CCC1(C)CCN(C(=O)[C@H]2CCCN(C3CCN(Cc4cccnc4)CC3)C2)CC1. The smallest absolute Gasteiger partial charge is 0.226 e. The summed E-state index contributed by atoms with van der Waals surface area (Å²) in [5.41, 5.74) is 1.75. The number of hydrogen-bond acceptors (Lipinski definition) is 4. The van der Waals surface area contributed by atoms with Crippen LogP contribution in [0.5, 0.6) is 0 Å². The van der Waals surface area contributed by atoms with Gasteiger partial charge < -0.3 is 4.90 Å². The van der Waals surface area contributed by atoms with E-state index in [0.717, 1.165) is 45.7 Å². The first kappa shape index (κ1) is 21.8. The van der Waals surface area contributed by atoms with Crippen molar-refractivity contribution in [2.75, 3.05) is 39.3 Å². The minimum atomic E-state index is 0.221. The van der Waals surface area contributed by atoms with Gasteiger partial charge in [0.05, 0.1) is 5.92 Å². The maximum Gasteiger partial charge on any atom is 0.226 e. The van der Waals surface area contributed by atoms with Gasteiger partial charge in [0, 0.05) is 44.6 Å². The minimum absolute atomic E-state index is 0.221. The fourth-order valence-corrected chi connectivity index (χ4v) is 5.61. The van der Waals surface area contributed by atoms with Gasteiger partial charge in [0.25, 0.3) is 0 Å². The molecular formula is C25H40N4O. The molecule has 1 atom stereocenters. The van der Waals surface area contributed by atoms with Gasteiger partial charge in [-0.25, -0.2) is 0 Å². The summed E-state index contributed by atoms with van der Waals surface area (Å²) in [4.78, 5) is 24.8. The molecule has 3 saturated heterocycles. The summed E-state index contributed by atoms with van der Waals surface area (Å²) in [6.45, 7) is 12.1. The molecule has 0 bridgehead atoms. The minimum Gasteiger partial charge on any atom is -0.342 e. The van der Waals surface area contributed by atoms with Crippen molar-refractivity contribution in [3.8, 4) is 0 Å². The lowest BCUT2D eigenvalue weighted by molar-refractivity contribution is -0.140. The third-order valence-electron chi connectivity index (χ3n) is 8.14. The summed E-state index contributed by atoms with van der Waals surface area (Å²) in [6, 6.07) is 4.84. The maximum absolute atomic E-state index is 13.2. The third-order valence-corrected chi connectivity index (χ3v) is 8.14. The molecule has 3 fully saturated rings. The molecule has 5 nitrogen and oxygen atoms in total. The summed E-state index contributed by atoms with van der Waals surface area (Å²) < 4.78 is 0. The van der Waals surface area contributed by atoms with E-state index < -0.39 is 0 Å². The van der Waals surface area contributed by atoms with E-state index in [1.165, 1.54) is 50.6 Å². The highest BCUT2D eigenvalue weighted by Gasteiger charge is 2.36. The molecule has 5 heteroatoms. The Hall–Kier alpha value is -1.46. The van der Waals surface area contributed by atoms with Gasteiger partial charge in [-0.3, -0.25) is 19.6 Å². The number of carbonyl (C=O) groups excluding carboxylic acids is 1. The Morgan fingerprint density at radius 3 is 2.57 bits per heavy atom. The molecule has 0 aromatic carbocycles. The lowest BCUT2D eigenvalue weighted by Crippen LogP contribution is -2.52. The number of rotatable bonds is 5. The lowest BCUT2D eigenvalue weighted by atomic mass is 9.78. The summed E-state index contributed by atoms with van der Waals surface area (Å²) in [5, 5.41) is 0. The van der Waals surface area contributed by atoms with Gasteiger partial charge in [-0.05, 0) is 75.2 Å². The molecule has 30 heavy (non-hydrogen) atoms. The first-order valence-corrected chi connectivity index (χ1v) is 12.2. The molecule has 0 radical (unpaired) electrons. The highest BCUT2D eigenvalue weighted by molar-refractivity contribution is 5.79. The van der Waals surface area contributed by atoms with Crippen molar-refractivity contribution in [2.45, 2.75) is 71.4 Å². The van der Waals surface area contributed by atoms with Crippen molar-refractivity contribution in [3.63, 3.8) is 0 Å². The molecule has 4 rings (SSSR count). The van der Waals surface area contributed by atoms with Crippen LogP contribution in [0.25, 0.3) is 0 Å². The average molecular weight is 413 g/mol. The van der Waals surface area contributed by atoms with Gasteiger partial charge in [0.1, 0.15) is 0 Å². The van der Waals surface area contributed by atoms with E-state index in [2.05, 4.69) is 39.6 Å². The van der Waals surface area contributed by atoms with E-state index in [1.807, 2.05) is 18.5 Å². The normalized spacial score (nSPS) is 26.6. The zero-order valence-electron chi connectivity index (χ0n) is 19.1.